The number of unbranched alkanes of at least 4 members (excludes halogenated alkanes) is 1. The number of ether oxygens (including phenoxy) is 2. The number of hydrogen-bond donors (Lipinski definition) is 2. The Labute approximate surface area is 113 Å². The van der Waals surface area contributed by atoms with E-state index in [4.69, 9.17) is 15.2 Å². The molecule has 1 amide bonds. The van der Waals surface area contributed by atoms with Crippen molar-refractivity contribution in [3.05, 3.63) is 23.8 Å². The number of amides is 1. The Morgan fingerprint density at radius 3 is 3.21 bits per heavy atom. The van der Waals surface area contributed by atoms with Crippen molar-refractivity contribution >= 4 is 5.91 Å². The number of benzene rings is 1. The number of carbonyl (C=O) groups excluding carboxylic acids is 1. The summed E-state index contributed by atoms with van der Waals surface area (Å²) in [5.41, 5.74) is 6.84. The van der Waals surface area contributed by atoms with Gasteiger partial charge in [-0.05, 0) is 18.6 Å². The van der Waals surface area contributed by atoms with E-state index in [0.717, 1.165) is 24.2 Å². The van der Waals surface area contributed by atoms with Crippen LogP contribution in [-0.4, -0.2) is 25.7 Å². The maximum absolute atomic E-state index is 11.5. The van der Waals surface area contributed by atoms with Gasteiger partial charge in [-0.25, -0.2) is 0 Å². The first-order chi connectivity index (χ1) is 9.20. The molecule has 1 unspecified atom stereocenters. The van der Waals surface area contributed by atoms with Crippen LogP contribution in [0.15, 0.2) is 18.2 Å². The monoisotopic (exact) mass is 264 g/mol. The summed E-state index contributed by atoms with van der Waals surface area (Å²) in [6.07, 6.45) is 2.04. The van der Waals surface area contributed by atoms with Crippen LogP contribution in [0.5, 0.6) is 11.5 Å². The Morgan fingerprint density at radius 2 is 2.42 bits per heavy atom. The van der Waals surface area contributed by atoms with Gasteiger partial charge in [0.25, 0.3) is 5.91 Å². The van der Waals surface area contributed by atoms with Gasteiger partial charge in [0.15, 0.2) is 6.61 Å². The summed E-state index contributed by atoms with van der Waals surface area (Å²) in [5, 5.41) is 2.80. The van der Waals surface area contributed by atoms with Gasteiger partial charge in [0.05, 0.1) is 6.04 Å². The fraction of sp³-hybridized carbons (Fsp3) is 0.500. The predicted octanol–water partition coefficient (Wildman–Crippen LogP) is 1.37. The highest BCUT2D eigenvalue weighted by Gasteiger charge is 2.20. The summed E-state index contributed by atoms with van der Waals surface area (Å²) in [6.45, 7) is 3.30. The Balaban J connectivity index is 1.82. The molecule has 0 bridgehead atoms. The maximum Gasteiger partial charge on any atom is 0.257 e. The molecule has 19 heavy (non-hydrogen) atoms. The van der Waals surface area contributed by atoms with Crippen LogP contribution in [0.3, 0.4) is 0 Å². The van der Waals surface area contributed by atoms with Crippen LogP contribution < -0.4 is 20.5 Å². The lowest BCUT2D eigenvalue weighted by Crippen LogP contribution is -2.29. The summed E-state index contributed by atoms with van der Waals surface area (Å²) in [6, 6.07) is 5.41. The third-order valence-corrected chi connectivity index (χ3v) is 3.03. The van der Waals surface area contributed by atoms with E-state index in [-0.39, 0.29) is 18.6 Å². The average molecular weight is 264 g/mol. The first-order valence-electron chi connectivity index (χ1n) is 6.62. The van der Waals surface area contributed by atoms with E-state index in [1.165, 1.54) is 0 Å². The van der Waals surface area contributed by atoms with Crippen molar-refractivity contribution in [2.24, 2.45) is 5.73 Å². The quantitative estimate of drug-likeness (QED) is 0.761. The van der Waals surface area contributed by atoms with E-state index in [9.17, 15) is 4.79 Å². The Bertz CT molecular complexity index is 448. The molecule has 1 heterocycles. The molecule has 0 aromatic heterocycles. The lowest BCUT2D eigenvalue weighted by Gasteiger charge is -2.08. The first kappa shape index (κ1) is 13.7. The maximum atomic E-state index is 11.5. The minimum Gasteiger partial charge on any atom is -0.491 e. The second-order valence-corrected chi connectivity index (χ2v) is 4.61. The molecular weight excluding hydrogens is 244 g/mol. The minimum absolute atomic E-state index is 0.0224. The van der Waals surface area contributed by atoms with Crippen LogP contribution in [-0.2, 0) is 4.79 Å². The molecule has 1 atom stereocenters. The summed E-state index contributed by atoms with van der Waals surface area (Å²) in [4.78, 5) is 11.5. The second-order valence-electron chi connectivity index (χ2n) is 4.61. The van der Waals surface area contributed by atoms with Gasteiger partial charge in [0.1, 0.15) is 18.1 Å². The fourth-order valence-corrected chi connectivity index (χ4v) is 1.91. The summed E-state index contributed by atoms with van der Waals surface area (Å²) in [7, 11) is 0. The van der Waals surface area contributed by atoms with Gasteiger partial charge >= 0.3 is 0 Å². The van der Waals surface area contributed by atoms with Gasteiger partial charge in [-0.15, -0.1) is 0 Å². The largest absolute Gasteiger partial charge is 0.491 e. The van der Waals surface area contributed by atoms with Gasteiger partial charge < -0.3 is 20.5 Å². The standard InChI is InChI=1S/C14H20N2O3/c1-2-3-6-16-14(17)9-18-10-4-5-11-12(15)8-19-13(11)7-10/h4-5,7,12H,2-3,6,8-9,15H2,1H3,(H,16,17). The molecule has 5 heteroatoms. The van der Waals surface area contributed by atoms with Crippen molar-refractivity contribution in [1.82, 2.24) is 5.32 Å². The highest BCUT2D eigenvalue weighted by molar-refractivity contribution is 5.77. The molecule has 0 fully saturated rings. The number of nitrogens with two attached hydrogens (primary N) is 1. The molecule has 0 saturated carbocycles. The van der Waals surface area contributed by atoms with Crippen molar-refractivity contribution in [3.8, 4) is 11.5 Å². The third kappa shape index (κ3) is 3.61. The number of rotatable bonds is 6. The van der Waals surface area contributed by atoms with Crippen molar-refractivity contribution in [2.45, 2.75) is 25.8 Å². The van der Waals surface area contributed by atoms with E-state index >= 15 is 0 Å². The van der Waals surface area contributed by atoms with Crippen LogP contribution in [0.4, 0.5) is 0 Å². The molecule has 2 rings (SSSR count). The van der Waals surface area contributed by atoms with E-state index < -0.39 is 0 Å². The van der Waals surface area contributed by atoms with Gasteiger partial charge in [-0.1, -0.05) is 13.3 Å². The van der Waals surface area contributed by atoms with Crippen molar-refractivity contribution < 1.29 is 14.3 Å². The van der Waals surface area contributed by atoms with Crippen LogP contribution in [0, 0.1) is 0 Å². The summed E-state index contributed by atoms with van der Waals surface area (Å²) in [5.74, 6) is 1.27. The normalized spacial score (nSPS) is 16.6. The molecule has 104 valence electrons. The molecule has 0 radical (unpaired) electrons. The first-order valence-corrected chi connectivity index (χ1v) is 6.62. The molecular formula is C14H20N2O3. The molecule has 1 aliphatic rings. The van der Waals surface area contributed by atoms with E-state index in [0.29, 0.717) is 18.9 Å². The lowest BCUT2D eigenvalue weighted by atomic mass is 10.1. The lowest BCUT2D eigenvalue weighted by molar-refractivity contribution is -0.123. The Morgan fingerprint density at radius 1 is 1.58 bits per heavy atom. The van der Waals surface area contributed by atoms with Crippen molar-refractivity contribution in [2.75, 3.05) is 19.8 Å². The topological polar surface area (TPSA) is 73.6 Å². The Hall–Kier alpha value is -1.75. The fourth-order valence-electron chi connectivity index (χ4n) is 1.91. The van der Waals surface area contributed by atoms with Crippen LogP contribution in [0.1, 0.15) is 31.4 Å². The molecule has 0 spiro atoms. The molecule has 5 nitrogen and oxygen atoms in total. The van der Waals surface area contributed by atoms with Crippen molar-refractivity contribution in [3.63, 3.8) is 0 Å². The third-order valence-electron chi connectivity index (χ3n) is 3.03. The predicted molar refractivity (Wildman–Crippen MR) is 72.3 cm³/mol. The van der Waals surface area contributed by atoms with Gasteiger partial charge in [-0.3, -0.25) is 4.79 Å². The minimum atomic E-state index is -0.105. The molecule has 1 aromatic carbocycles. The molecule has 0 aliphatic carbocycles. The zero-order valence-corrected chi connectivity index (χ0v) is 11.1. The van der Waals surface area contributed by atoms with E-state index in [2.05, 4.69) is 12.2 Å². The summed E-state index contributed by atoms with van der Waals surface area (Å²) < 4.78 is 10.9. The number of carbonyl (C=O) groups is 1. The highest BCUT2D eigenvalue weighted by atomic mass is 16.5. The van der Waals surface area contributed by atoms with E-state index in [1.807, 2.05) is 12.1 Å². The van der Waals surface area contributed by atoms with Gasteiger partial charge in [0.2, 0.25) is 0 Å². The Kier molecular flexibility index (Phi) is 4.63. The van der Waals surface area contributed by atoms with Crippen LogP contribution >= 0.6 is 0 Å². The molecule has 1 aliphatic heterocycles. The molecule has 1 aromatic rings. The molecule has 0 saturated heterocycles. The highest BCUT2D eigenvalue weighted by Crippen LogP contribution is 2.33. The van der Waals surface area contributed by atoms with Crippen LogP contribution in [0.2, 0.25) is 0 Å². The van der Waals surface area contributed by atoms with Gasteiger partial charge in [-0.2, -0.15) is 0 Å². The van der Waals surface area contributed by atoms with Gasteiger partial charge in [0, 0.05) is 18.2 Å². The smallest absolute Gasteiger partial charge is 0.257 e. The number of hydrogen-bond acceptors (Lipinski definition) is 4. The number of nitrogens with one attached hydrogen (secondary N) is 1. The average Bonchev–Trinajstić information content (AvgIpc) is 2.78. The second kappa shape index (κ2) is 6.43. The SMILES string of the molecule is CCCCNC(=O)COc1ccc2c(c1)OCC2N. The van der Waals surface area contributed by atoms with E-state index in [1.54, 1.807) is 6.07 Å². The van der Waals surface area contributed by atoms with Crippen molar-refractivity contribution in [1.29, 1.82) is 0 Å². The zero-order chi connectivity index (χ0) is 13.7. The molecule has 3 N–H and O–H groups in total. The number of fused-ring (bicyclic) bond motifs is 1. The summed E-state index contributed by atoms with van der Waals surface area (Å²) >= 11 is 0. The zero-order valence-electron chi connectivity index (χ0n) is 11.1. The van der Waals surface area contributed by atoms with Crippen LogP contribution in [0.25, 0.3) is 0 Å².